The Kier molecular flexibility index (Phi) is 5.55. The summed E-state index contributed by atoms with van der Waals surface area (Å²) >= 11 is 1.91. The molecule has 0 N–H and O–H groups in total. The minimum absolute atomic E-state index is 1.01. The molecule has 1 nitrogen and oxygen atoms in total. The molecule has 2 heteroatoms. The average Bonchev–Trinajstić information content (AvgIpc) is 2.73. The van der Waals surface area contributed by atoms with E-state index in [1.165, 1.54) is 32.7 Å². The molecule has 0 saturated heterocycles. The minimum atomic E-state index is 1.01. The Morgan fingerprint density at radius 1 is 0.852 bits per heavy atom. The summed E-state index contributed by atoms with van der Waals surface area (Å²) < 4.78 is 0. The van der Waals surface area contributed by atoms with Crippen LogP contribution in [0.1, 0.15) is 23.1 Å². The van der Waals surface area contributed by atoms with E-state index >= 15 is 0 Å². The first-order valence-corrected chi connectivity index (χ1v) is 10.4. The maximum absolute atomic E-state index is 4.78. The molecule has 0 fully saturated rings. The van der Waals surface area contributed by atoms with E-state index in [4.69, 9.17) is 4.99 Å². The number of aryl methyl sites for hydroxylation is 2. The molecule has 1 aliphatic rings. The maximum atomic E-state index is 4.78. The lowest BCUT2D eigenvalue weighted by atomic mass is 9.86. The van der Waals surface area contributed by atoms with E-state index in [9.17, 15) is 0 Å². The summed E-state index contributed by atoms with van der Waals surface area (Å²) in [6.07, 6.45) is 4.29. The summed E-state index contributed by atoms with van der Waals surface area (Å²) in [5, 5.41) is 0. The van der Waals surface area contributed by atoms with Gasteiger partial charge in [-0.2, -0.15) is 0 Å². The van der Waals surface area contributed by atoms with E-state index in [-0.39, 0.29) is 0 Å². The van der Waals surface area contributed by atoms with Crippen molar-refractivity contribution in [3.63, 3.8) is 0 Å². The number of thioether (sulfide) groups is 1. The van der Waals surface area contributed by atoms with Gasteiger partial charge in [0.1, 0.15) is 0 Å². The predicted molar refractivity (Wildman–Crippen MR) is 118 cm³/mol. The van der Waals surface area contributed by atoms with Crippen molar-refractivity contribution in [1.82, 2.24) is 0 Å². The molecule has 0 aliphatic heterocycles. The van der Waals surface area contributed by atoms with Crippen molar-refractivity contribution in [2.45, 2.75) is 24.7 Å². The molecule has 3 aromatic carbocycles. The van der Waals surface area contributed by atoms with Crippen LogP contribution < -0.4 is 0 Å². The lowest BCUT2D eigenvalue weighted by Crippen LogP contribution is -2.07. The van der Waals surface area contributed by atoms with Gasteiger partial charge in [-0.25, -0.2) is 0 Å². The van der Waals surface area contributed by atoms with Gasteiger partial charge in [0.25, 0.3) is 0 Å². The predicted octanol–water partition coefficient (Wildman–Crippen LogP) is 6.89. The van der Waals surface area contributed by atoms with Gasteiger partial charge < -0.3 is 0 Å². The van der Waals surface area contributed by atoms with Crippen LogP contribution in [0.15, 0.2) is 94.3 Å². The molecular weight excluding hydrogens is 346 g/mol. The third kappa shape index (κ3) is 4.40. The number of allylic oxidation sites excluding steroid dienone is 1. The number of rotatable bonds is 5. The summed E-state index contributed by atoms with van der Waals surface area (Å²) in [6, 6.07) is 27.8. The fourth-order valence-electron chi connectivity index (χ4n) is 3.38. The third-order valence-electron chi connectivity index (χ3n) is 4.92. The van der Waals surface area contributed by atoms with Crippen molar-refractivity contribution in [3.8, 4) is 0 Å². The fourth-order valence-corrected chi connectivity index (χ4v) is 4.37. The first kappa shape index (κ1) is 17.8. The Morgan fingerprint density at radius 2 is 1.59 bits per heavy atom. The van der Waals surface area contributed by atoms with E-state index in [1.807, 2.05) is 11.8 Å². The second-order valence-corrected chi connectivity index (χ2v) is 7.92. The zero-order valence-corrected chi connectivity index (χ0v) is 16.4. The van der Waals surface area contributed by atoms with Crippen LogP contribution >= 0.6 is 11.8 Å². The molecule has 0 heterocycles. The minimum Gasteiger partial charge on any atom is -0.256 e. The zero-order valence-electron chi connectivity index (χ0n) is 15.6. The third-order valence-corrected chi connectivity index (χ3v) is 6.02. The summed E-state index contributed by atoms with van der Waals surface area (Å²) in [7, 11) is 0. The van der Waals surface area contributed by atoms with Crippen LogP contribution in [-0.2, 0) is 6.42 Å². The molecule has 0 atom stereocenters. The monoisotopic (exact) mass is 369 g/mol. The highest BCUT2D eigenvalue weighted by atomic mass is 32.2. The van der Waals surface area contributed by atoms with E-state index in [2.05, 4.69) is 92.0 Å². The fraction of sp³-hybridized carbons (Fsp3) is 0.160. The Morgan fingerprint density at radius 3 is 2.41 bits per heavy atom. The van der Waals surface area contributed by atoms with Crippen molar-refractivity contribution < 1.29 is 0 Å². The van der Waals surface area contributed by atoms with Crippen molar-refractivity contribution in [2.24, 2.45) is 4.99 Å². The number of nitrogens with zero attached hydrogens (tertiary/aromatic N) is 1. The van der Waals surface area contributed by atoms with Crippen molar-refractivity contribution in [2.75, 3.05) is 5.75 Å². The first-order chi connectivity index (χ1) is 13.3. The number of hydrogen-bond donors (Lipinski definition) is 0. The number of benzene rings is 3. The van der Waals surface area contributed by atoms with Gasteiger partial charge in [-0.3, -0.25) is 4.99 Å². The highest BCUT2D eigenvalue weighted by molar-refractivity contribution is 7.99. The van der Waals surface area contributed by atoms with E-state index in [0.29, 0.717) is 0 Å². The van der Waals surface area contributed by atoms with Gasteiger partial charge in [-0.15, -0.1) is 11.8 Å². The van der Waals surface area contributed by atoms with Gasteiger partial charge in [0.05, 0.1) is 5.69 Å². The van der Waals surface area contributed by atoms with E-state index < -0.39 is 0 Å². The smallest absolute Gasteiger partial charge is 0.0630 e. The van der Waals surface area contributed by atoms with Crippen LogP contribution in [0.2, 0.25) is 0 Å². The summed E-state index contributed by atoms with van der Waals surface area (Å²) in [6.45, 7) is 2.10. The summed E-state index contributed by atoms with van der Waals surface area (Å²) in [4.78, 5) is 6.10. The normalized spacial score (nSPS) is 13.8. The molecule has 0 unspecified atom stereocenters. The largest absolute Gasteiger partial charge is 0.256 e. The van der Waals surface area contributed by atoms with Gasteiger partial charge in [-0.05, 0) is 55.2 Å². The van der Waals surface area contributed by atoms with Gasteiger partial charge in [0.2, 0.25) is 0 Å². The quantitative estimate of drug-likeness (QED) is 0.352. The standard InChI is InChI=1S/C25H23NS/c1-19-11-15-22(16-12-19)26-17-25-21(18-27-23-8-3-2-4-9-23)14-13-20-7-5-6-10-24(20)25/h2-12,15-17H,13-14,18H2,1H3. The molecule has 1 aliphatic carbocycles. The van der Waals surface area contributed by atoms with Gasteiger partial charge in [0, 0.05) is 22.4 Å². The van der Waals surface area contributed by atoms with Crippen LogP contribution in [0.25, 0.3) is 5.57 Å². The number of fused-ring (bicyclic) bond motifs is 1. The summed E-state index contributed by atoms with van der Waals surface area (Å²) in [5.74, 6) is 1.01. The SMILES string of the molecule is Cc1ccc(N=CC2=C(CSc3ccccc3)CCc3ccccc32)cc1. The van der Waals surface area contributed by atoms with E-state index in [0.717, 1.165) is 24.3 Å². The zero-order chi connectivity index (χ0) is 18.5. The summed E-state index contributed by atoms with van der Waals surface area (Å²) in [5.41, 5.74) is 7.81. The van der Waals surface area contributed by atoms with Gasteiger partial charge >= 0.3 is 0 Å². The molecule has 0 saturated carbocycles. The molecule has 0 bridgehead atoms. The van der Waals surface area contributed by atoms with Crippen LogP contribution in [0.5, 0.6) is 0 Å². The maximum Gasteiger partial charge on any atom is 0.0630 e. The molecule has 0 aromatic heterocycles. The molecule has 3 aromatic rings. The van der Waals surface area contributed by atoms with Crippen LogP contribution in [0, 0.1) is 6.92 Å². The Labute approximate surface area is 165 Å². The molecule has 0 spiro atoms. The second kappa shape index (κ2) is 8.41. The topological polar surface area (TPSA) is 12.4 Å². The molecule has 0 amide bonds. The van der Waals surface area contributed by atoms with Crippen LogP contribution in [-0.4, -0.2) is 12.0 Å². The Hall–Kier alpha value is -2.58. The molecular formula is C25H23NS. The van der Waals surface area contributed by atoms with Gasteiger partial charge in [0.15, 0.2) is 0 Å². The number of hydrogen-bond acceptors (Lipinski definition) is 2. The highest BCUT2D eigenvalue weighted by Crippen LogP contribution is 2.34. The van der Waals surface area contributed by atoms with Crippen LogP contribution in [0.3, 0.4) is 0 Å². The lowest BCUT2D eigenvalue weighted by molar-refractivity contribution is 0.926. The van der Waals surface area contributed by atoms with Crippen LogP contribution in [0.4, 0.5) is 5.69 Å². The Bertz CT molecular complexity index is 969. The highest BCUT2D eigenvalue weighted by Gasteiger charge is 2.17. The Balaban J connectivity index is 1.65. The molecule has 4 rings (SSSR count). The van der Waals surface area contributed by atoms with Crippen molar-refractivity contribution in [1.29, 1.82) is 0 Å². The first-order valence-electron chi connectivity index (χ1n) is 9.38. The molecule has 27 heavy (non-hydrogen) atoms. The number of aliphatic imine (C=N–C) groups is 1. The average molecular weight is 370 g/mol. The molecule has 134 valence electrons. The van der Waals surface area contributed by atoms with Gasteiger partial charge in [-0.1, -0.05) is 65.7 Å². The van der Waals surface area contributed by atoms with Crippen molar-refractivity contribution in [3.05, 3.63) is 101 Å². The lowest BCUT2D eigenvalue weighted by Gasteiger charge is -2.21. The second-order valence-electron chi connectivity index (χ2n) is 6.87. The van der Waals surface area contributed by atoms with E-state index in [1.54, 1.807) is 0 Å². The molecule has 0 radical (unpaired) electrons. The van der Waals surface area contributed by atoms with Crippen molar-refractivity contribution >= 4 is 29.2 Å².